The van der Waals surface area contributed by atoms with Crippen molar-refractivity contribution in [3.8, 4) is 23.1 Å². The van der Waals surface area contributed by atoms with Gasteiger partial charge in [-0.2, -0.15) is 0 Å². The lowest BCUT2D eigenvalue weighted by atomic mass is 9.97. The largest absolute Gasteiger partial charge is 0.497 e. The first kappa shape index (κ1) is 18.8. The van der Waals surface area contributed by atoms with E-state index in [2.05, 4.69) is 16.4 Å². The predicted molar refractivity (Wildman–Crippen MR) is 110 cm³/mol. The SMILES string of the molecule is COc1cccc(C2CCc3cc(Oc4ccc(NC(C)=O)cn4)ccc3O2)c1. The van der Waals surface area contributed by atoms with Crippen molar-refractivity contribution in [3.63, 3.8) is 0 Å². The predicted octanol–water partition coefficient (Wildman–Crippen LogP) is 4.91. The summed E-state index contributed by atoms with van der Waals surface area (Å²) in [5.74, 6) is 2.72. The Labute approximate surface area is 169 Å². The number of pyridine rings is 1. The third-order valence-corrected chi connectivity index (χ3v) is 4.72. The van der Waals surface area contributed by atoms with Gasteiger partial charge in [0.25, 0.3) is 0 Å². The van der Waals surface area contributed by atoms with Crippen molar-refractivity contribution in [2.24, 2.45) is 0 Å². The monoisotopic (exact) mass is 390 g/mol. The molecular formula is C23H22N2O4. The molecule has 29 heavy (non-hydrogen) atoms. The van der Waals surface area contributed by atoms with Crippen molar-refractivity contribution in [1.82, 2.24) is 4.98 Å². The number of carbonyl (C=O) groups excluding carboxylic acids is 1. The molecule has 2 aromatic carbocycles. The second-order valence-electron chi connectivity index (χ2n) is 6.86. The van der Waals surface area contributed by atoms with Crippen LogP contribution in [0.5, 0.6) is 23.1 Å². The zero-order valence-electron chi connectivity index (χ0n) is 16.3. The number of hydrogen-bond donors (Lipinski definition) is 1. The zero-order valence-corrected chi connectivity index (χ0v) is 16.3. The summed E-state index contributed by atoms with van der Waals surface area (Å²) in [6, 6.07) is 17.3. The molecule has 1 aliphatic rings. The molecule has 0 radical (unpaired) electrons. The van der Waals surface area contributed by atoms with Gasteiger partial charge in [-0.25, -0.2) is 4.98 Å². The van der Waals surface area contributed by atoms with Gasteiger partial charge in [0.2, 0.25) is 11.8 Å². The highest BCUT2D eigenvalue weighted by atomic mass is 16.5. The van der Waals surface area contributed by atoms with E-state index in [0.717, 1.165) is 35.5 Å². The van der Waals surface area contributed by atoms with Crippen LogP contribution in [0.1, 0.15) is 30.6 Å². The quantitative estimate of drug-likeness (QED) is 0.670. The Morgan fingerprint density at radius 1 is 1.14 bits per heavy atom. The Kier molecular flexibility index (Phi) is 5.33. The van der Waals surface area contributed by atoms with Crippen LogP contribution in [-0.2, 0) is 11.2 Å². The van der Waals surface area contributed by atoms with E-state index >= 15 is 0 Å². The summed E-state index contributed by atoms with van der Waals surface area (Å²) >= 11 is 0. The van der Waals surface area contributed by atoms with Gasteiger partial charge in [-0.1, -0.05) is 12.1 Å². The first-order chi connectivity index (χ1) is 14.1. The topological polar surface area (TPSA) is 69.7 Å². The molecule has 3 aromatic rings. The first-order valence-corrected chi connectivity index (χ1v) is 9.46. The second-order valence-corrected chi connectivity index (χ2v) is 6.86. The Morgan fingerprint density at radius 2 is 2.03 bits per heavy atom. The van der Waals surface area contributed by atoms with Gasteiger partial charge in [0.1, 0.15) is 23.4 Å². The number of methoxy groups -OCH3 is 1. The van der Waals surface area contributed by atoms with Crippen molar-refractivity contribution >= 4 is 11.6 Å². The number of ether oxygens (including phenoxy) is 3. The van der Waals surface area contributed by atoms with Gasteiger partial charge in [-0.15, -0.1) is 0 Å². The average Bonchev–Trinajstić information content (AvgIpc) is 2.74. The molecule has 148 valence electrons. The van der Waals surface area contributed by atoms with E-state index in [1.807, 2.05) is 36.4 Å². The molecule has 1 amide bonds. The number of hydrogen-bond acceptors (Lipinski definition) is 5. The van der Waals surface area contributed by atoms with Gasteiger partial charge in [-0.3, -0.25) is 4.79 Å². The third-order valence-electron chi connectivity index (χ3n) is 4.72. The lowest BCUT2D eigenvalue weighted by Gasteiger charge is -2.27. The number of carbonyl (C=O) groups is 1. The molecule has 1 unspecified atom stereocenters. The van der Waals surface area contributed by atoms with Crippen LogP contribution in [0.4, 0.5) is 5.69 Å². The Hall–Kier alpha value is -3.54. The fraction of sp³-hybridized carbons (Fsp3) is 0.217. The summed E-state index contributed by atoms with van der Waals surface area (Å²) in [6.07, 6.45) is 3.35. The summed E-state index contributed by atoms with van der Waals surface area (Å²) in [4.78, 5) is 15.3. The fourth-order valence-electron chi connectivity index (χ4n) is 3.34. The highest BCUT2D eigenvalue weighted by Gasteiger charge is 2.22. The van der Waals surface area contributed by atoms with Crippen molar-refractivity contribution in [3.05, 3.63) is 71.9 Å². The van der Waals surface area contributed by atoms with E-state index in [0.29, 0.717) is 17.3 Å². The standard InChI is InChI=1S/C23H22N2O4/c1-15(26)25-18-7-11-23(24-14-18)28-20-8-10-22-17(13-20)6-9-21(29-22)16-4-3-5-19(12-16)27-2/h3-5,7-8,10-14,21H,6,9H2,1-2H3,(H,25,26). The molecule has 0 saturated carbocycles. The molecule has 0 aliphatic carbocycles. The average molecular weight is 390 g/mol. The van der Waals surface area contributed by atoms with E-state index in [-0.39, 0.29) is 12.0 Å². The highest BCUT2D eigenvalue weighted by molar-refractivity contribution is 5.88. The van der Waals surface area contributed by atoms with Crippen molar-refractivity contribution in [1.29, 1.82) is 0 Å². The normalized spacial score (nSPS) is 15.0. The summed E-state index contributed by atoms with van der Waals surface area (Å²) in [6.45, 7) is 1.46. The van der Waals surface area contributed by atoms with Crippen LogP contribution in [0.3, 0.4) is 0 Å². The van der Waals surface area contributed by atoms with Crippen LogP contribution in [0.15, 0.2) is 60.8 Å². The Bertz CT molecular complexity index is 1020. The van der Waals surface area contributed by atoms with Gasteiger partial charge in [0, 0.05) is 13.0 Å². The molecule has 6 heteroatoms. The molecular weight excluding hydrogens is 368 g/mol. The maximum atomic E-state index is 11.1. The summed E-state index contributed by atoms with van der Waals surface area (Å²) < 4.78 is 17.4. The van der Waals surface area contributed by atoms with Gasteiger partial charge >= 0.3 is 0 Å². The molecule has 1 aromatic heterocycles. The number of nitrogens with zero attached hydrogens (tertiary/aromatic N) is 1. The lowest BCUT2D eigenvalue weighted by Crippen LogP contribution is -2.15. The molecule has 6 nitrogen and oxygen atoms in total. The molecule has 1 atom stereocenters. The van der Waals surface area contributed by atoms with E-state index < -0.39 is 0 Å². The Balaban J connectivity index is 1.45. The number of fused-ring (bicyclic) bond motifs is 1. The molecule has 0 fully saturated rings. The van der Waals surface area contributed by atoms with E-state index in [4.69, 9.17) is 14.2 Å². The van der Waals surface area contributed by atoms with E-state index in [9.17, 15) is 4.79 Å². The molecule has 0 saturated heterocycles. The minimum atomic E-state index is -0.137. The lowest BCUT2D eigenvalue weighted by molar-refractivity contribution is -0.114. The van der Waals surface area contributed by atoms with Crippen molar-refractivity contribution in [2.75, 3.05) is 12.4 Å². The minimum absolute atomic E-state index is 0.00681. The second kappa shape index (κ2) is 8.22. The zero-order chi connectivity index (χ0) is 20.2. The number of aryl methyl sites for hydroxylation is 1. The molecule has 0 bridgehead atoms. The van der Waals surface area contributed by atoms with Crippen LogP contribution >= 0.6 is 0 Å². The van der Waals surface area contributed by atoms with Crippen LogP contribution in [-0.4, -0.2) is 18.0 Å². The Morgan fingerprint density at radius 3 is 2.79 bits per heavy atom. The number of amides is 1. The van der Waals surface area contributed by atoms with Gasteiger partial charge in [-0.05, 0) is 60.4 Å². The molecule has 1 aliphatic heterocycles. The van der Waals surface area contributed by atoms with E-state index in [1.54, 1.807) is 25.4 Å². The smallest absolute Gasteiger partial charge is 0.221 e. The van der Waals surface area contributed by atoms with Crippen LogP contribution in [0, 0.1) is 0 Å². The number of benzene rings is 2. The maximum absolute atomic E-state index is 11.1. The van der Waals surface area contributed by atoms with E-state index in [1.165, 1.54) is 6.92 Å². The molecule has 0 spiro atoms. The van der Waals surface area contributed by atoms with Crippen molar-refractivity contribution < 1.29 is 19.0 Å². The summed E-state index contributed by atoms with van der Waals surface area (Å²) in [7, 11) is 1.67. The third kappa shape index (κ3) is 4.48. The minimum Gasteiger partial charge on any atom is -0.497 e. The number of anilines is 1. The summed E-state index contributed by atoms with van der Waals surface area (Å²) in [5.41, 5.74) is 2.85. The van der Waals surface area contributed by atoms with Gasteiger partial charge in [0.05, 0.1) is 19.0 Å². The highest BCUT2D eigenvalue weighted by Crippen LogP contribution is 2.38. The molecule has 4 rings (SSSR count). The van der Waals surface area contributed by atoms with Crippen LogP contribution in [0.2, 0.25) is 0 Å². The van der Waals surface area contributed by atoms with Crippen LogP contribution in [0.25, 0.3) is 0 Å². The number of aromatic nitrogens is 1. The summed E-state index contributed by atoms with van der Waals surface area (Å²) in [5, 5.41) is 2.68. The molecule has 1 N–H and O–H groups in total. The van der Waals surface area contributed by atoms with Crippen molar-refractivity contribution in [2.45, 2.75) is 25.9 Å². The first-order valence-electron chi connectivity index (χ1n) is 9.46. The fourth-order valence-corrected chi connectivity index (χ4v) is 3.34. The molecule has 2 heterocycles. The van der Waals surface area contributed by atoms with Gasteiger partial charge < -0.3 is 19.5 Å². The number of nitrogens with one attached hydrogen (secondary N) is 1. The van der Waals surface area contributed by atoms with Gasteiger partial charge in [0.15, 0.2) is 0 Å². The number of rotatable bonds is 5. The van der Waals surface area contributed by atoms with Crippen LogP contribution < -0.4 is 19.5 Å². The maximum Gasteiger partial charge on any atom is 0.221 e.